The maximum Gasteiger partial charge on any atom is 0.327 e. The third-order valence-electron chi connectivity index (χ3n) is 3.36. The highest BCUT2D eigenvalue weighted by molar-refractivity contribution is 5.85. The van der Waals surface area contributed by atoms with Crippen LogP contribution < -0.4 is 14.8 Å². The summed E-state index contributed by atoms with van der Waals surface area (Å²) in [4.78, 5) is 12.1. The van der Waals surface area contributed by atoms with Crippen LogP contribution in [0.5, 0.6) is 11.5 Å². The minimum absolute atomic E-state index is 0. The van der Waals surface area contributed by atoms with E-state index >= 15 is 0 Å². The maximum absolute atomic E-state index is 12.1. The van der Waals surface area contributed by atoms with Gasteiger partial charge in [-0.05, 0) is 50.5 Å². The predicted molar refractivity (Wildman–Crippen MR) is 87.1 cm³/mol. The Bertz CT molecular complexity index is 519. The number of hydrogen-bond acceptors (Lipinski definition) is 5. The van der Waals surface area contributed by atoms with Gasteiger partial charge < -0.3 is 19.5 Å². The summed E-state index contributed by atoms with van der Waals surface area (Å²) in [5.74, 6) is 1.11. The van der Waals surface area contributed by atoms with Crippen LogP contribution in [0.25, 0.3) is 0 Å². The Kier molecular flexibility index (Phi) is 6.97. The minimum atomic E-state index is -0.436. The standard InChI is InChI=1S/C16H23NO4.ClH/c1-5-20-16(18)15-12-9-14(21-10(2)3)13(19-4)8-11(12)6-7-17-15;/h8-10,15,17H,5-7H2,1-4H3;1H. The van der Waals surface area contributed by atoms with Crippen molar-refractivity contribution in [1.82, 2.24) is 5.32 Å². The molecule has 0 amide bonds. The Balaban J connectivity index is 0.00000242. The quantitative estimate of drug-likeness (QED) is 0.842. The lowest BCUT2D eigenvalue weighted by molar-refractivity contribution is -0.146. The van der Waals surface area contributed by atoms with Gasteiger partial charge in [0, 0.05) is 6.54 Å². The van der Waals surface area contributed by atoms with Gasteiger partial charge in [0.25, 0.3) is 0 Å². The fourth-order valence-electron chi connectivity index (χ4n) is 2.51. The predicted octanol–water partition coefficient (Wildman–Crippen LogP) is 2.65. The topological polar surface area (TPSA) is 56.8 Å². The molecule has 2 rings (SSSR count). The van der Waals surface area contributed by atoms with Crippen LogP contribution >= 0.6 is 12.4 Å². The van der Waals surface area contributed by atoms with E-state index in [0.717, 1.165) is 24.1 Å². The van der Waals surface area contributed by atoms with Crippen LogP contribution in [0.2, 0.25) is 0 Å². The Morgan fingerprint density at radius 2 is 2.09 bits per heavy atom. The van der Waals surface area contributed by atoms with Crippen molar-refractivity contribution in [2.45, 2.75) is 39.3 Å². The summed E-state index contributed by atoms with van der Waals surface area (Å²) in [7, 11) is 1.62. The first-order chi connectivity index (χ1) is 10.1. The molecule has 0 aliphatic carbocycles. The fraction of sp³-hybridized carbons (Fsp3) is 0.562. The van der Waals surface area contributed by atoms with Crippen molar-refractivity contribution in [1.29, 1.82) is 0 Å². The second kappa shape index (κ2) is 8.25. The molecule has 1 atom stereocenters. The van der Waals surface area contributed by atoms with E-state index in [9.17, 15) is 4.79 Å². The van der Waals surface area contributed by atoms with Crippen molar-refractivity contribution in [3.05, 3.63) is 23.3 Å². The van der Waals surface area contributed by atoms with Crippen molar-refractivity contribution in [3.8, 4) is 11.5 Å². The number of nitrogens with one attached hydrogen (secondary N) is 1. The first kappa shape index (κ1) is 18.6. The Hall–Kier alpha value is -1.46. The summed E-state index contributed by atoms with van der Waals surface area (Å²) >= 11 is 0. The normalized spacial score (nSPS) is 16.5. The third-order valence-corrected chi connectivity index (χ3v) is 3.36. The van der Waals surface area contributed by atoms with Crippen LogP contribution in [-0.2, 0) is 16.0 Å². The van der Waals surface area contributed by atoms with Crippen molar-refractivity contribution in [2.75, 3.05) is 20.3 Å². The number of halogens is 1. The van der Waals surface area contributed by atoms with Crippen LogP contribution in [-0.4, -0.2) is 32.3 Å². The van der Waals surface area contributed by atoms with Crippen molar-refractivity contribution >= 4 is 18.4 Å². The van der Waals surface area contributed by atoms with Crippen LogP contribution in [0, 0.1) is 0 Å². The Morgan fingerprint density at radius 1 is 1.36 bits per heavy atom. The molecule has 1 heterocycles. The van der Waals surface area contributed by atoms with Crippen LogP contribution in [0.4, 0.5) is 0 Å². The molecule has 0 fully saturated rings. The smallest absolute Gasteiger partial charge is 0.327 e. The summed E-state index contributed by atoms with van der Waals surface area (Å²) in [6, 6.07) is 3.41. The summed E-state index contributed by atoms with van der Waals surface area (Å²) in [6.07, 6.45) is 0.887. The van der Waals surface area contributed by atoms with Crippen LogP contribution in [0.1, 0.15) is 37.9 Å². The van der Waals surface area contributed by atoms with E-state index in [4.69, 9.17) is 14.2 Å². The van der Waals surface area contributed by atoms with Gasteiger partial charge in [0.1, 0.15) is 6.04 Å². The molecule has 0 spiro atoms. The van der Waals surface area contributed by atoms with E-state index in [2.05, 4.69) is 5.32 Å². The first-order valence-electron chi connectivity index (χ1n) is 7.34. The van der Waals surface area contributed by atoms with Gasteiger partial charge >= 0.3 is 5.97 Å². The second-order valence-corrected chi connectivity index (χ2v) is 5.26. The SMILES string of the molecule is CCOC(=O)C1NCCc2cc(OC)c(OC(C)C)cc21.Cl. The summed E-state index contributed by atoms with van der Waals surface area (Å²) < 4.78 is 16.3. The number of methoxy groups -OCH3 is 1. The molecule has 124 valence electrons. The van der Waals surface area contributed by atoms with Crippen molar-refractivity contribution < 1.29 is 19.0 Å². The van der Waals surface area contributed by atoms with E-state index in [1.165, 1.54) is 0 Å². The van der Waals surface area contributed by atoms with Crippen molar-refractivity contribution in [2.24, 2.45) is 0 Å². The highest BCUT2D eigenvalue weighted by atomic mass is 35.5. The largest absolute Gasteiger partial charge is 0.493 e. The minimum Gasteiger partial charge on any atom is -0.493 e. The average molecular weight is 330 g/mol. The van der Waals surface area contributed by atoms with E-state index in [0.29, 0.717) is 18.1 Å². The number of esters is 1. The van der Waals surface area contributed by atoms with Crippen LogP contribution in [0.3, 0.4) is 0 Å². The lowest BCUT2D eigenvalue weighted by Gasteiger charge is -2.27. The van der Waals surface area contributed by atoms with Gasteiger partial charge in [-0.25, -0.2) is 4.79 Å². The number of carbonyl (C=O) groups excluding carboxylic acids is 1. The molecule has 0 bridgehead atoms. The molecule has 0 saturated heterocycles. The molecule has 1 N–H and O–H groups in total. The summed E-state index contributed by atoms with van der Waals surface area (Å²) in [6.45, 7) is 6.84. The van der Waals surface area contributed by atoms with Gasteiger partial charge in [-0.15, -0.1) is 12.4 Å². The molecule has 1 aromatic carbocycles. The molecule has 5 nitrogen and oxygen atoms in total. The number of carbonyl (C=O) groups is 1. The average Bonchev–Trinajstić information content (AvgIpc) is 2.45. The van der Waals surface area contributed by atoms with E-state index in [1.807, 2.05) is 32.9 Å². The molecule has 22 heavy (non-hydrogen) atoms. The van der Waals surface area contributed by atoms with Gasteiger partial charge in [-0.3, -0.25) is 0 Å². The lowest BCUT2D eigenvalue weighted by atomic mass is 9.93. The molecule has 0 saturated carbocycles. The summed E-state index contributed by atoms with van der Waals surface area (Å²) in [5, 5.41) is 3.21. The van der Waals surface area contributed by atoms with Crippen LogP contribution in [0.15, 0.2) is 12.1 Å². The first-order valence-corrected chi connectivity index (χ1v) is 7.34. The van der Waals surface area contributed by atoms with Gasteiger partial charge in [0.2, 0.25) is 0 Å². The molecular weight excluding hydrogens is 306 g/mol. The lowest BCUT2D eigenvalue weighted by Crippen LogP contribution is -2.36. The Labute approximate surface area is 137 Å². The number of rotatable bonds is 5. The third kappa shape index (κ3) is 4.05. The highest BCUT2D eigenvalue weighted by Gasteiger charge is 2.29. The maximum atomic E-state index is 12.1. The number of hydrogen-bond donors (Lipinski definition) is 1. The van der Waals surface area contributed by atoms with E-state index < -0.39 is 6.04 Å². The molecule has 6 heteroatoms. The van der Waals surface area contributed by atoms with E-state index in [1.54, 1.807) is 7.11 Å². The second-order valence-electron chi connectivity index (χ2n) is 5.26. The molecule has 1 aliphatic rings. The molecule has 1 unspecified atom stereocenters. The number of fused-ring (bicyclic) bond motifs is 1. The van der Waals surface area contributed by atoms with Crippen molar-refractivity contribution in [3.63, 3.8) is 0 Å². The zero-order valence-corrected chi connectivity index (χ0v) is 14.3. The fourth-order valence-corrected chi connectivity index (χ4v) is 2.51. The van der Waals surface area contributed by atoms with Gasteiger partial charge in [-0.1, -0.05) is 0 Å². The highest BCUT2D eigenvalue weighted by Crippen LogP contribution is 2.36. The van der Waals surface area contributed by atoms with Gasteiger partial charge in [0.15, 0.2) is 11.5 Å². The zero-order valence-electron chi connectivity index (χ0n) is 13.5. The molecule has 1 aromatic rings. The van der Waals surface area contributed by atoms with Gasteiger partial charge in [0.05, 0.1) is 19.8 Å². The molecule has 0 radical (unpaired) electrons. The Morgan fingerprint density at radius 3 is 2.68 bits per heavy atom. The monoisotopic (exact) mass is 329 g/mol. The zero-order chi connectivity index (χ0) is 15.4. The van der Waals surface area contributed by atoms with Gasteiger partial charge in [-0.2, -0.15) is 0 Å². The molecular formula is C16H24ClNO4. The molecule has 0 aromatic heterocycles. The number of benzene rings is 1. The van der Waals surface area contributed by atoms with E-state index in [-0.39, 0.29) is 24.5 Å². The number of ether oxygens (including phenoxy) is 3. The summed E-state index contributed by atoms with van der Waals surface area (Å²) in [5.41, 5.74) is 2.01. The molecule has 1 aliphatic heterocycles.